The summed E-state index contributed by atoms with van der Waals surface area (Å²) in [5.74, 6) is -0.217. The van der Waals surface area contributed by atoms with Gasteiger partial charge >= 0.3 is 0 Å². The van der Waals surface area contributed by atoms with Crippen molar-refractivity contribution in [3.05, 3.63) is 71.1 Å². The molecule has 0 aliphatic carbocycles. The van der Waals surface area contributed by atoms with Crippen molar-refractivity contribution in [2.45, 2.75) is 6.54 Å². The van der Waals surface area contributed by atoms with E-state index in [0.29, 0.717) is 11.3 Å². The van der Waals surface area contributed by atoms with Gasteiger partial charge in [-0.15, -0.1) is 0 Å². The first-order valence-electron chi connectivity index (χ1n) is 6.83. The normalized spacial score (nSPS) is 10.3. The zero-order chi connectivity index (χ0) is 16.1. The van der Waals surface area contributed by atoms with Gasteiger partial charge in [-0.1, -0.05) is 0 Å². The number of halogens is 1. The Bertz CT molecular complexity index is 825. The molecule has 0 atom stereocenters. The predicted molar refractivity (Wildman–Crippen MR) is 88.4 cm³/mol. The Morgan fingerprint density at radius 3 is 2.61 bits per heavy atom. The fourth-order valence-corrected chi connectivity index (χ4v) is 2.41. The van der Waals surface area contributed by atoms with Crippen LogP contribution in [0.1, 0.15) is 16.1 Å². The van der Waals surface area contributed by atoms with Crippen LogP contribution in [0.4, 0.5) is 0 Å². The molecule has 3 rings (SSSR count). The van der Waals surface area contributed by atoms with Crippen LogP contribution < -0.4 is 5.32 Å². The van der Waals surface area contributed by atoms with Crippen molar-refractivity contribution >= 4 is 21.8 Å². The number of nitrogens with zero attached hydrogens (tertiary/aromatic N) is 4. The first kappa shape index (κ1) is 15.2. The summed E-state index contributed by atoms with van der Waals surface area (Å²) in [6, 6.07) is 5.42. The van der Waals surface area contributed by atoms with E-state index in [2.05, 4.69) is 41.2 Å². The largest absolute Gasteiger partial charge is 0.346 e. The van der Waals surface area contributed by atoms with Gasteiger partial charge in [0.15, 0.2) is 0 Å². The quantitative estimate of drug-likeness (QED) is 0.764. The molecule has 0 spiro atoms. The van der Waals surface area contributed by atoms with Crippen molar-refractivity contribution in [2.75, 3.05) is 0 Å². The lowest BCUT2D eigenvalue weighted by Crippen LogP contribution is -2.24. The second-order valence-electron chi connectivity index (χ2n) is 4.66. The number of pyridine rings is 2. The van der Waals surface area contributed by atoms with Gasteiger partial charge in [-0.25, -0.2) is 0 Å². The van der Waals surface area contributed by atoms with Gasteiger partial charge in [0.05, 0.1) is 23.5 Å². The average Bonchev–Trinajstić information content (AvgIpc) is 2.60. The van der Waals surface area contributed by atoms with E-state index < -0.39 is 0 Å². The van der Waals surface area contributed by atoms with Crippen LogP contribution in [0.15, 0.2) is 59.9 Å². The van der Waals surface area contributed by atoms with E-state index in [4.69, 9.17) is 0 Å². The Hall–Kier alpha value is -2.67. The molecule has 0 aliphatic heterocycles. The maximum atomic E-state index is 12.2. The minimum absolute atomic E-state index is 0.217. The predicted octanol–water partition coefficient (Wildman–Crippen LogP) is 2.63. The molecule has 1 N–H and O–H groups in total. The molecular formula is C16H12BrN5O. The van der Waals surface area contributed by atoms with Crippen LogP contribution in [-0.2, 0) is 6.54 Å². The summed E-state index contributed by atoms with van der Waals surface area (Å²) in [4.78, 5) is 28.8. The van der Waals surface area contributed by atoms with E-state index in [-0.39, 0.29) is 12.5 Å². The molecule has 0 saturated carbocycles. The molecule has 0 radical (unpaired) electrons. The Morgan fingerprint density at radius 2 is 1.83 bits per heavy atom. The molecule has 3 heterocycles. The molecule has 114 valence electrons. The lowest BCUT2D eigenvalue weighted by Gasteiger charge is -2.09. The van der Waals surface area contributed by atoms with Crippen molar-refractivity contribution in [2.24, 2.45) is 0 Å². The van der Waals surface area contributed by atoms with E-state index in [1.807, 2.05) is 12.1 Å². The van der Waals surface area contributed by atoms with E-state index in [0.717, 1.165) is 15.7 Å². The van der Waals surface area contributed by atoms with Gasteiger partial charge < -0.3 is 5.32 Å². The molecule has 3 aromatic heterocycles. The summed E-state index contributed by atoms with van der Waals surface area (Å²) in [6.45, 7) is 0.275. The fraction of sp³-hybridized carbons (Fsp3) is 0.0625. The zero-order valence-corrected chi connectivity index (χ0v) is 13.6. The molecule has 0 aliphatic rings. The monoisotopic (exact) mass is 369 g/mol. The number of hydrogen-bond acceptors (Lipinski definition) is 5. The summed E-state index contributed by atoms with van der Waals surface area (Å²) in [5.41, 5.74) is 2.80. The molecule has 0 bridgehead atoms. The van der Waals surface area contributed by atoms with Gasteiger partial charge in [0.1, 0.15) is 0 Å². The molecule has 1 amide bonds. The average molecular weight is 370 g/mol. The first-order chi connectivity index (χ1) is 11.2. The zero-order valence-electron chi connectivity index (χ0n) is 12.0. The van der Waals surface area contributed by atoms with Gasteiger partial charge in [0.2, 0.25) is 0 Å². The van der Waals surface area contributed by atoms with Gasteiger partial charge in [0.25, 0.3) is 5.91 Å². The fourth-order valence-electron chi connectivity index (χ4n) is 2.05. The number of amides is 1. The van der Waals surface area contributed by atoms with Gasteiger partial charge in [-0.05, 0) is 34.1 Å². The highest BCUT2D eigenvalue weighted by Gasteiger charge is 2.11. The second kappa shape index (κ2) is 7.06. The highest BCUT2D eigenvalue weighted by Crippen LogP contribution is 2.18. The number of rotatable bonds is 4. The maximum Gasteiger partial charge on any atom is 0.253 e. The van der Waals surface area contributed by atoms with E-state index in [1.54, 1.807) is 37.1 Å². The molecule has 3 aromatic rings. The van der Waals surface area contributed by atoms with Crippen LogP contribution in [0, 0.1) is 0 Å². The minimum atomic E-state index is -0.217. The number of hydrogen-bond donors (Lipinski definition) is 1. The third-order valence-electron chi connectivity index (χ3n) is 3.11. The lowest BCUT2D eigenvalue weighted by atomic mass is 10.1. The van der Waals surface area contributed by atoms with Crippen LogP contribution in [-0.4, -0.2) is 25.8 Å². The number of aromatic nitrogens is 4. The van der Waals surface area contributed by atoms with Gasteiger partial charge in [-0.3, -0.25) is 24.7 Å². The molecule has 0 aromatic carbocycles. The van der Waals surface area contributed by atoms with Crippen LogP contribution >= 0.6 is 15.9 Å². The SMILES string of the molecule is O=C(NCc1nccnc1-c1ccncc1)c1cncc(Br)c1. The highest BCUT2D eigenvalue weighted by atomic mass is 79.9. The minimum Gasteiger partial charge on any atom is -0.346 e. The third kappa shape index (κ3) is 3.75. The van der Waals surface area contributed by atoms with E-state index in [1.165, 1.54) is 6.20 Å². The standard InChI is InChI=1S/C16H12BrN5O/c17-13-7-12(8-19-9-13)16(23)22-10-14-15(21-6-5-20-14)11-1-3-18-4-2-11/h1-9H,10H2,(H,22,23). The van der Waals surface area contributed by atoms with E-state index >= 15 is 0 Å². The van der Waals surface area contributed by atoms with Gasteiger partial charge in [0, 0.05) is 47.2 Å². The smallest absolute Gasteiger partial charge is 0.253 e. The summed E-state index contributed by atoms with van der Waals surface area (Å²) in [6.07, 6.45) is 9.76. The molecule has 23 heavy (non-hydrogen) atoms. The van der Waals surface area contributed by atoms with E-state index in [9.17, 15) is 4.79 Å². The lowest BCUT2D eigenvalue weighted by molar-refractivity contribution is 0.0950. The van der Waals surface area contributed by atoms with Crippen LogP contribution in [0.5, 0.6) is 0 Å². The number of carbonyl (C=O) groups excluding carboxylic acids is 1. The Labute approximate surface area is 141 Å². The summed E-state index contributed by atoms with van der Waals surface area (Å²) in [7, 11) is 0. The molecule has 0 fully saturated rings. The first-order valence-corrected chi connectivity index (χ1v) is 7.62. The van der Waals surface area contributed by atoms with Crippen molar-refractivity contribution < 1.29 is 4.79 Å². The van der Waals surface area contributed by atoms with Crippen LogP contribution in [0.2, 0.25) is 0 Å². The van der Waals surface area contributed by atoms with Crippen molar-refractivity contribution in [3.63, 3.8) is 0 Å². The maximum absolute atomic E-state index is 12.2. The molecule has 7 heteroatoms. The van der Waals surface area contributed by atoms with Gasteiger partial charge in [-0.2, -0.15) is 0 Å². The summed E-state index contributed by atoms with van der Waals surface area (Å²) < 4.78 is 0.752. The third-order valence-corrected chi connectivity index (χ3v) is 3.54. The summed E-state index contributed by atoms with van der Waals surface area (Å²) >= 11 is 3.30. The molecule has 0 saturated heterocycles. The van der Waals surface area contributed by atoms with Crippen LogP contribution in [0.25, 0.3) is 11.3 Å². The van der Waals surface area contributed by atoms with Crippen molar-refractivity contribution in [1.82, 2.24) is 25.3 Å². The molecule has 0 unspecified atom stereocenters. The molecular weight excluding hydrogens is 358 g/mol. The second-order valence-corrected chi connectivity index (χ2v) is 5.58. The Morgan fingerprint density at radius 1 is 1.04 bits per heavy atom. The topological polar surface area (TPSA) is 80.7 Å². The number of carbonyl (C=O) groups is 1. The van der Waals surface area contributed by atoms with Crippen molar-refractivity contribution in [1.29, 1.82) is 0 Å². The Kier molecular flexibility index (Phi) is 4.68. The number of nitrogens with one attached hydrogen (secondary N) is 1. The highest BCUT2D eigenvalue weighted by molar-refractivity contribution is 9.10. The Balaban J connectivity index is 1.78. The van der Waals surface area contributed by atoms with Crippen molar-refractivity contribution in [3.8, 4) is 11.3 Å². The summed E-state index contributed by atoms with van der Waals surface area (Å²) in [5, 5.41) is 2.83. The van der Waals surface area contributed by atoms with Crippen LogP contribution in [0.3, 0.4) is 0 Å². The molecule has 6 nitrogen and oxygen atoms in total.